The Balaban J connectivity index is 2.24. The Kier molecular flexibility index (Phi) is 2.65. The maximum Gasteiger partial charge on any atom is 0.144 e. The summed E-state index contributed by atoms with van der Waals surface area (Å²) in [5.41, 5.74) is 2.06. The van der Waals surface area contributed by atoms with Crippen LogP contribution in [-0.2, 0) is 0 Å². The molecule has 0 aliphatic heterocycles. The van der Waals surface area contributed by atoms with Gasteiger partial charge < -0.3 is 0 Å². The highest BCUT2D eigenvalue weighted by Gasteiger charge is 2.06. The number of pyridine rings is 1. The molecule has 0 unspecified atom stereocenters. The van der Waals surface area contributed by atoms with E-state index in [2.05, 4.69) is 20.9 Å². The Bertz CT molecular complexity index is 691. The van der Waals surface area contributed by atoms with Gasteiger partial charge in [0.25, 0.3) is 0 Å². The van der Waals surface area contributed by atoms with Gasteiger partial charge in [0, 0.05) is 21.3 Å². The van der Waals surface area contributed by atoms with E-state index in [9.17, 15) is 0 Å². The first-order chi connectivity index (χ1) is 8.24. The van der Waals surface area contributed by atoms with Crippen LogP contribution >= 0.6 is 27.5 Å². The molecule has 0 aliphatic carbocycles. The maximum absolute atomic E-state index is 5.99. The van der Waals surface area contributed by atoms with Crippen molar-refractivity contribution >= 4 is 33.0 Å². The van der Waals surface area contributed by atoms with Gasteiger partial charge >= 0.3 is 0 Å². The number of rotatable bonds is 1. The lowest BCUT2D eigenvalue weighted by Crippen LogP contribution is -1.88. The fourth-order valence-corrected chi connectivity index (χ4v) is 2.36. The molecular formula is C13H8BrClN2. The monoisotopic (exact) mass is 306 g/mol. The first-order valence-corrected chi connectivity index (χ1v) is 6.30. The van der Waals surface area contributed by atoms with E-state index in [0.717, 1.165) is 26.4 Å². The predicted octanol–water partition coefficient (Wildman–Crippen LogP) is 4.42. The van der Waals surface area contributed by atoms with E-state index in [-0.39, 0.29) is 0 Å². The van der Waals surface area contributed by atoms with E-state index in [4.69, 9.17) is 11.6 Å². The standard InChI is InChI=1S/C13H8BrClN2/c14-10-4-5-17-12(7-10)8-16-13(17)9-2-1-3-11(15)6-9/h1-8H. The quantitative estimate of drug-likeness (QED) is 0.650. The van der Waals surface area contributed by atoms with Crippen molar-refractivity contribution in [3.8, 4) is 11.4 Å². The van der Waals surface area contributed by atoms with Gasteiger partial charge in [-0.05, 0) is 24.3 Å². The summed E-state index contributed by atoms with van der Waals surface area (Å²) >= 11 is 9.44. The van der Waals surface area contributed by atoms with Crippen LogP contribution in [0.25, 0.3) is 16.9 Å². The molecule has 2 aromatic heterocycles. The van der Waals surface area contributed by atoms with Crippen molar-refractivity contribution in [2.45, 2.75) is 0 Å². The lowest BCUT2D eigenvalue weighted by molar-refractivity contribution is 1.16. The zero-order valence-electron chi connectivity index (χ0n) is 8.77. The molecule has 17 heavy (non-hydrogen) atoms. The number of nitrogens with zero attached hydrogens (tertiary/aromatic N) is 2. The molecule has 0 saturated heterocycles. The van der Waals surface area contributed by atoms with Crippen LogP contribution < -0.4 is 0 Å². The van der Waals surface area contributed by atoms with Gasteiger partial charge in [0.15, 0.2) is 0 Å². The predicted molar refractivity (Wildman–Crippen MR) is 73.3 cm³/mol. The summed E-state index contributed by atoms with van der Waals surface area (Å²) in [6.07, 6.45) is 3.84. The van der Waals surface area contributed by atoms with E-state index in [1.165, 1.54) is 0 Å². The summed E-state index contributed by atoms with van der Waals surface area (Å²) in [6.45, 7) is 0. The number of fused-ring (bicyclic) bond motifs is 1. The molecule has 0 spiro atoms. The summed E-state index contributed by atoms with van der Waals surface area (Å²) in [6, 6.07) is 11.7. The van der Waals surface area contributed by atoms with E-state index in [1.807, 2.05) is 53.2 Å². The third kappa shape index (κ3) is 1.96. The second kappa shape index (κ2) is 4.17. The zero-order valence-corrected chi connectivity index (χ0v) is 11.1. The molecule has 0 aliphatic rings. The number of imidazole rings is 1. The van der Waals surface area contributed by atoms with Gasteiger partial charge in [0.1, 0.15) is 5.82 Å². The van der Waals surface area contributed by atoms with Gasteiger partial charge in [-0.3, -0.25) is 4.40 Å². The number of hydrogen-bond donors (Lipinski definition) is 0. The summed E-state index contributed by atoms with van der Waals surface area (Å²) in [7, 11) is 0. The Morgan fingerprint density at radius 1 is 1.18 bits per heavy atom. The minimum atomic E-state index is 0.719. The van der Waals surface area contributed by atoms with Crippen LogP contribution in [0.2, 0.25) is 5.02 Å². The highest BCUT2D eigenvalue weighted by Crippen LogP contribution is 2.24. The summed E-state index contributed by atoms with van der Waals surface area (Å²) in [5, 5.41) is 0.719. The number of hydrogen-bond acceptors (Lipinski definition) is 1. The molecule has 2 nitrogen and oxygen atoms in total. The minimum absolute atomic E-state index is 0.719. The molecule has 3 aromatic rings. The molecule has 0 radical (unpaired) electrons. The minimum Gasteiger partial charge on any atom is -0.300 e. The van der Waals surface area contributed by atoms with Gasteiger partial charge in [0.05, 0.1) is 11.7 Å². The summed E-state index contributed by atoms with van der Waals surface area (Å²) in [4.78, 5) is 4.43. The van der Waals surface area contributed by atoms with Crippen molar-refractivity contribution in [2.75, 3.05) is 0 Å². The van der Waals surface area contributed by atoms with Crippen molar-refractivity contribution in [3.63, 3.8) is 0 Å². The lowest BCUT2D eigenvalue weighted by atomic mass is 10.2. The van der Waals surface area contributed by atoms with Crippen LogP contribution in [0.5, 0.6) is 0 Å². The SMILES string of the molecule is Clc1cccc(-c2ncc3cc(Br)ccn23)c1. The van der Waals surface area contributed by atoms with Gasteiger partial charge in [-0.1, -0.05) is 39.7 Å². The third-order valence-corrected chi connectivity index (χ3v) is 3.31. The van der Waals surface area contributed by atoms with Gasteiger partial charge in [0.2, 0.25) is 0 Å². The van der Waals surface area contributed by atoms with E-state index in [1.54, 1.807) is 0 Å². The number of benzene rings is 1. The highest BCUT2D eigenvalue weighted by atomic mass is 79.9. The average molecular weight is 308 g/mol. The van der Waals surface area contributed by atoms with Gasteiger partial charge in [-0.25, -0.2) is 4.98 Å². The van der Waals surface area contributed by atoms with E-state index < -0.39 is 0 Å². The van der Waals surface area contributed by atoms with E-state index in [0.29, 0.717) is 0 Å². The second-order valence-corrected chi connectivity index (χ2v) is 5.08. The molecule has 0 saturated carbocycles. The Morgan fingerprint density at radius 3 is 2.88 bits per heavy atom. The molecule has 0 amide bonds. The lowest BCUT2D eigenvalue weighted by Gasteiger charge is -2.02. The molecule has 0 atom stereocenters. The largest absolute Gasteiger partial charge is 0.300 e. The summed E-state index contributed by atoms with van der Waals surface area (Å²) < 4.78 is 3.08. The normalized spacial score (nSPS) is 10.9. The van der Waals surface area contributed by atoms with Gasteiger partial charge in [-0.15, -0.1) is 0 Å². The molecule has 0 fully saturated rings. The molecule has 0 N–H and O–H groups in total. The maximum atomic E-state index is 5.99. The zero-order chi connectivity index (χ0) is 11.8. The molecule has 1 aromatic carbocycles. The second-order valence-electron chi connectivity index (χ2n) is 3.73. The van der Waals surface area contributed by atoms with Crippen LogP contribution in [0.3, 0.4) is 0 Å². The van der Waals surface area contributed by atoms with Crippen molar-refractivity contribution < 1.29 is 0 Å². The van der Waals surface area contributed by atoms with Gasteiger partial charge in [-0.2, -0.15) is 0 Å². The van der Waals surface area contributed by atoms with Crippen molar-refractivity contribution in [1.82, 2.24) is 9.38 Å². The first kappa shape index (κ1) is 10.8. The Morgan fingerprint density at radius 2 is 2.06 bits per heavy atom. The Labute approximate surface area is 112 Å². The molecule has 84 valence electrons. The molecule has 3 rings (SSSR count). The van der Waals surface area contributed by atoms with E-state index >= 15 is 0 Å². The average Bonchev–Trinajstić information content (AvgIpc) is 2.71. The smallest absolute Gasteiger partial charge is 0.144 e. The van der Waals surface area contributed by atoms with Crippen LogP contribution in [-0.4, -0.2) is 9.38 Å². The topological polar surface area (TPSA) is 17.3 Å². The molecule has 0 bridgehead atoms. The molecular weight excluding hydrogens is 300 g/mol. The van der Waals surface area contributed by atoms with Crippen molar-refractivity contribution in [2.24, 2.45) is 0 Å². The third-order valence-electron chi connectivity index (χ3n) is 2.58. The van der Waals surface area contributed by atoms with Crippen LogP contribution in [0.1, 0.15) is 0 Å². The summed E-state index contributed by atoms with van der Waals surface area (Å²) in [5.74, 6) is 0.898. The van der Waals surface area contributed by atoms with Crippen molar-refractivity contribution in [1.29, 1.82) is 0 Å². The fourth-order valence-electron chi connectivity index (χ4n) is 1.81. The molecule has 4 heteroatoms. The number of aromatic nitrogens is 2. The highest BCUT2D eigenvalue weighted by molar-refractivity contribution is 9.10. The van der Waals surface area contributed by atoms with Crippen LogP contribution in [0.15, 0.2) is 53.3 Å². The number of halogens is 2. The first-order valence-electron chi connectivity index (χ1n) is 5.12. The Hall–Kier alpha value is -1.32. The van der Waals surface area contributed by atoms with Crippen LogP contribution in [0.4, 0.5) is 0 Å². The van der Waals surface area contributed by atoms with Crippen LogP contribution in [0, 0.1) is 0 Å². The fraction of sp³-hybridized carbons (Fsp3) is 0. The van der Waals surface area contributed by atoms with Crippen molar-refractivity contribution in [3.05, 3.63) is 58.3 Å². The molecule has 2 heterocycles.